The Bertz CT molecular complexity index is 459. The van der Waals surface area contributed by atoms with Gasteiger partial charge in [-0.15, -0.1) is 12.4 Å². The minimum absolute atomic E-state index is 0. The van der Waals surface area contributed by atoms with E-state index in [1.807, 2.05) is 54.6 Å². The molecular weight excluding hydrogens is 234 g/mol. The molecular formula is C14H16ClNO. The summed E-state index contributed by atoms with van der Waals surface area (Å²) in [6.45, 7) is 0.445. The monoisotopic (exact) mass is 249 g/mol. The fourth-order valence-electron chi connectivity index (χ4n) is 1.80. The molecule has 3 heteroatoms. The first-order valence-corrected chi connectivity index (χ1v) is 5.34. The van der Waals surface area contributed by atoms with Gasteiger partial charge < -0.3 is 10.8 Å². The molecule has 0 saturated carbocycles. The van der Waals surface area contributed by atoms with Gasteiger partial charge in [0.1, 0.15) is 6.10 Å². The third-order valence-electron chi connectivity index (χ3n) is 2.68. The first kappa shape index (κ1) is 13.7. The maximum atomic E-state index is 10.2. The van der Waals surface area contributed by atoms with Crippen molar-refractivity contribution in [3.63, 3.8) is 0 Å². The van der Waals surface area contributed by atoms with Gasteiger partial charge in [0.25, 0.3) is 0 Å². The molecule has 0 spiro atoms. The number of aliphatic hydroxyl groups excluding tert-OH is 1. The largest absolute Gasteiger partial charge is 0.384 e. The molecule has 2 nitrogen and oxygen atoms in total. The van der Waals surface area contributed by atoms with Crippen molar-refractivity contribution in [1.29, 1.82) is 0 Å². The number of hydrogen-bond acceptors (Lipinski definition) is 2. The maximum absolute atomic E-state index is 10.2. The van der Waals surface area contributed by atoms with Gasteiger partial charge in [0.05, 0.1) is 0 Å². The van der Waals surface area contributed by atoms with Crippen LogP contribution in [0.15, 0.2) is 54.6 Å². The number of halogens is 1. The van der Waals surface area contributed by atoms with Crippen LogP contribution in [0, 0.1) is 0 Å². The second-order valence-corrected chi connectivity index (χ2v) is 3.72. The van der Waals surface area contributed by atoms with Crippen molar-refractivity contribution in [2.45, 2.75) is 12.6 Å². The average molecular weight is 250 g/mol. The Kier molecular flexibility index (Phi) is 5.16. The van der Waals surface area contributed by atoms with Gasteiger partial charge >= 0.3 is 0 Å². The second kappa shape index (κ2) is 6.40. The SMILES string of the molecule is Cl.NCc1ccccc1C(O)c1ccccc1. The van der Waals surface area contributed by atoms with Gasteiger partial charge in [-0.1, -0.05) is 54.6 Å². The molecule has 17 heavy (non-hydrogen) atoms. The number of aliphatic hydroxyl groups is 1. The third kappa shape index (κ3) is 3.07. The molecule has 0 aliphatic carbocycles. The van der Waals surface area contributed by atoms with Crippen molar-refractivity contribution in [2.24, 2.45) is 5.73 Å². The van der Waals surface area contributed by atoms with Crippen LogP contribution in [0.4, 0.5) is 0 Å². The summed E-state index contributed by atoms with van der Waals surface area (Å²) in [7, 11) is 0. The maximum Gasteiger partial charge on any atom is 0.104 e. The van der Waals surface area contributed by atoms with Gasteiger partial charge in [-0.3, -0.25) is 0 Å². The number of rotatable bonds is 3. The zero-order valence-corrected chi connectivity index (χ0v) is 10.2. The Hall–Kier alpha value is -1.35. The summed E-state index contributed by atoms with van der Waals surface area (Å²) >= 11 is 0. The average Bonchev–Trinajstić information content (AvgIpc) is 2.39. The number of benzene rings is 2. The van der Waals surface area contributed by atoms with E-state index in [0.29, 0.717) is 6.54 Å². The van der Waals surface area contributed by atoms with Crippen LogP contribution >= 0.6 is 12.4 Å². The molecule has 0 radical (unpaired) electrons. The lowest BCUT2D eigenvalue weighted by atomic mass is 9.97. The fraction of sp³-hybridized carbons (Fsp3) is 0.143. The Morgan fingerprint density at radius 3 is 2.18 bits per heavy atom. The highest BCUT2D eigenvalue weighted by atomic mass is 35.5. The quantitative estimate of drug-likeness (QED) is 0.879. The van der Waals surface area contributed by atoms with E-state index in [9.17, 15) is 5.11 Å². The molecule has 0 fully saturated rings. The number of nitrogens with two attached hydrogens (primary N) is 1. The van der Waals surface area contributed by atoms with Crippen LogP contribution in [0.1, 0.15) is 22.8 Å². The molecule has 90 valence electrons. The molecule has 0 amide bonds. The summed E-state index contributed by atoms with van der Waals surface area (Å²) in [5.41, 5.74) is 8.42. The van der Waals surface area contributed by atoms with Gasteiger partial charge in [0.2, 0.25) is 0 Å². The van der Waals surface area contributed by atoms with E-state index in [4.69, 9.17) is 5.73 Å². The summed E-state index contributed by atoms with van der Waals surface area (Å²) in [6.07, 6.45) is -0.596. The first-order chi connectivity index (χ1) is 7.83. The van der Waals surface area contributed by atoms with Crippen LogP contribution in [-0.2, 0) is 6.54 Å². The van der Waals surface area contributed by atoms with Crippen LogP contribution in [0.25, 0.3) is 0 Å². The Morgan fingerprint density at radius 1 is 0.941 bits per heavy atom. The van der Waals surface area contributed by atoms with Crippen molar-refractivity contribution < 1.29 is 5.11 Å². The third-order valence-corrected chi connectivity index (χ3v) is 2.68. The molecule has 0 aromatic heterocycles. The summed E-state index contributed by atoms with van der Waals surface area (Å²) in [4.78, 5) is 0. The van der Waals surface area contributed by atoms with Crippen molar-refractivity contribution in [1.82, 2.24) is 0 Å². The van der Waals surface area contributed by atoms with Gasteiger partial charge in [-0.25, -0.2) is 0 Å². The lowest BCUT2D eigenvalue weighted by Gasteiger charge is -2.14. The van der Waals surface area contributed by atoms with Crippen LogP contribution in [0.5, 0.6) is 0 Å². The van der Waals surface area contributed by atoms with Gasteiger partial charge in [0, 0.05) is 6.54 Å². The van der Waals surface area contributed by atoms with E-state index < -0.39 is 6.10 Å². The van der Waals surface area contributed by atoms with Crippen LogP contribution in [-0.4, -0.2) is 5.11 Å². The molecule has 0 bridgehead atoms. The zero-order valence-electron chi connectivity index (χ0n) is 9.41. The Balaban J connectivity index is 0.00000144. The zero-order chi connectivity index (χ0) is 11.4. The smallest absolute Gasteiger partial charge is 0.104 e. The highest BCUT2D eigenvalue weighted by Crippen LogP contribution is 2.24. The minimum Gasteiger partial charge on any atom is -0.384 e. The van der Waals surface area contributed by atoms with Gasteiger partial charge in [0.15, 0.2) is 0 Å². The van der Waals surface area contributed by atoms with Crippen molar-refractivity contribution >= 4 is 12.4 Å². The normalized spacial score (nSPS) is 11.6. The van der Waals surface area contributed by atoms with E-state index in [-0.39, 0.29) is 12.4 Å². The fourth-order valence-corrected chi connectivity index (χ4v) is 1.80. The predicted molar refractivity (Wildman–Crippen MR) is 72.1 cm³/mol. The van der Waals surface area contributed by atoms with Crippen molar-refractivity contribution in [3.05, 3.63) is 71.3 Å². The summed E-state index contributed by atoms with van der Waals surface area (Å²) in [5, 5.41) is 10.2. The van der Waals surface area contributed by atoms with Crippen molar-refractivity contribution in [3.8, 4) is 0 Å². The highest BCUT2D eigenvalue weighted by molar-refractivity contribution is 5.85. The molecule has 0 aliphatic rings. The van der Waals surface area contributed by atoms with Crippen LogP contribution < -0.4 is 5.73 Å². The predicted octanol–water partition coefficient (Wildman–Crippen LogP) is 2.65. The molecule has 0 saturated heterocycles. The Morgan fingerprint density at radius 2 is 1.53 bits per heavy atom. The van der Waals surface area contributed by atoms with E-state index in [1.165, 1.54) is 0 Å². The minimum atomic E-state index is -0.596. The summed E-state index contributed by atoms with van der Waals surface area (Å²) < 4.78 is 0. The lowest BCUT2D eigenvalue weighted by Crippen LogP contribution is -2.07. The highest BCUT2D eigenvalue weighted by Gasteiger charge is 2.12. The van der Waals surface area contributed by atoms with E-state index in [2.05, 4.69) is 0 Å². The molecule has 2 aromatic carbocycles. The molecule has 0 aliphatic heterocycles. The lowest BCUT2D eigenvalue weighted by molar-refractivity contribution is 0.219. The van der Waals surface area contributed by atoms with Crippen molar-refractivity contribution in [2.75, 3.05) is 0 Å². The summed E-state index contributed by atoms with van der Waals surface area (Å²) in [6, 6.07) is 17.3. The van der Waals surface area contributed by atoms with Gasteiger partial charge in [-0.05, 0) is 16.7 Å². The first-order valence-electron chi connectivity index (χ1n) is 5.34. The molecule has 2 rings (SSSR count). The molecule has 1 unspecified atom stereocenters. The van der Waals surface area contributed by atoms with E-state index >= 15 is 0 Å². The molecule has 0 heterocycles. The molecule has 3 N–H and O–H groups in total. The second-order valence-electron chi connectivity index (χ2n) is 3.72. The standard InChI is InChI=1S/C14H15NO.ClH/c15-10-12-8-4-5-9-13(12)14(16)11-6-2-1-3-7-11;/h1-9,14,16H,10,15H2;1H. The Labute approximate surface area is 108 Å². The van der Waals surface area contributed by atoms with E-state index in [0.717, 1.165) is 16.7 Å². The van der Waals surface area contributed by atoms with Crippen LogP contribution in [0.3, 0.4) is 0 Å². The number of hydrogen-bond donors (Lipinski definition) is 2. The summed E-state index contributed by atoms with van der Waals surface area (Å²) in [5.74, 6) is 0. The van der Waals surface area contributed by atoms with Gasteiger partial charge in [-0.2, -0.15) is 0 Å². The topological polar surface area (TPSA) is 46.2 Å². The van der Waals surface area contributed by atoms with Crippen LogP contribution in [0.2, 0.25) is 0 Å². The van der Waals surface area contributed by atoms with E-state index in [1.54, 1.807) is 0 Å². The molecule has 1 atom stereocenters. The molecule has 2 aromatic rings.